The molecule has 2 N–H and O–H groups in total. The predicted molar refractivity (Wildman–Crippen MR) is 139 cm³/mol. The van der Waals surface area contributed by atoms with Crippen molar-refractivity contribution in [1.82, 2.24) is 4.90 Å². The highest BCUT2D eigenvalue weighted by atomic mass is 32.2. The molecule has 0 amide bonds. The molecule has 0 bridgehead atoms. The van der Waals surface area contributed by atoms with Crippen LogP contribution < -0.4 is 9.47 Å². The summed E-state index contributed by atoms with van der Waals surface area (Å²) < 4.78 is 25.7. The van der Waals surface area contributed by atoms with Gasteiger partial charge in [-0.05, 0) is 67.9 Å². The zero-order valence-corrected chi connectivity index (χ0v) is 21.3. The summed E-state index contributed by atoms with van der Waals surface area (Å²) in [7, 11) is 2.12. The van der Waals surface area contributed by atoms with Crippen LogP contribution in [0.15, 0.2) is 71.6 Å². The summed E-state index contributed by atoms with van der Waals surface area (Å²) in [6, 6.07) is 19.5. The van der Waals surface area contributed by atoms with Gasteiger partial charge in [0, 0.05) is 12.3 Å². The van der Waals surface area contributed by atoms with Gasteiger partial charge in [0.25, 0.3) is 0 Å². The Morgan fingerprint density at radius 3 is 2.37 bits per heavy atom. The minimum Gasteiger partial charge on any atom is -0.508 e. The molecule has 4 rings (SSSR count). The second-order valence-corrected chi connectivity index (χ2v) is 9.91. The SMILES string of the molecule is CC(C)CCN(C)CCOc1ccc([C@H]2CSc3c(ccc(O)c3F)O2)cc1.Oc1ccccc1. The van der Waals surface area contributed by atoms with Crippen LogP contribution in [0, 0.1) is 11.7 Å². The second kappa shape index (κ2) is 13.3. The van der Waals surface area contributed by atoms with Crippen LogP contribution in [0.25, 0.3) is 0 Å². The van der Waals surface area contributed by atoms with Gasteiger partial charge in [-0.2, -0.15) is 0 Å². The van der Waals surface area contributed by atoms with Gasteiger partial charge in [0.05, 0.1) is 4.90 Å². The Morgan fingerprint density at radius 2 is 1.74 bits per heavy atom. The van der Waals surface area contributed by atoms with Gasteiger partial charge >= 0.3 is 0 Å². The van der Waals surface area contributed by atoms with Crippen molar-refractivity contribution < 1.29 is 24.1 Å². The molecule has 35 heavy (non-hydrogen) atoms. The third-order valence-electron chi connectivity index (χ3n) is 5.53. The van der Waals surface area contributed by atoms with Gasteiger partial charge in [0.1, 0.15) is 30.0 Å². The number of para-hydroxylation sites is 1. The van der Waals surface area contributed by atoms with E-state index >= 15 is 0 Å². The first kappa shape index (κ1) is 26.7. The first-order valence-electron chi connectivity index (χ1n) is 11.8. The van der Waals surface area contributed by atoms with Crippen molar-refractivity contribution in [2.75, 3.05) is 32.5 Å². The van der Waals surface area contributed by atoms with Gasteiger partial charge in [-0.25, -0.2) is 4.39 Å². The fourth-order valence-electron chi connectivity index (χ4n) is 3.38. The van der Waals surface area contributed by atoms with E-state index in [1.165, 1.54) is 24.2 Å². The molecule has 188 valence electrons. The first-order valence-corrected chi connectivity index (χ1v) is 12.8. The average molecular weight is 500 g/mol. The van der Waals surface area contributed by atoms with E-state index in [1.54, 1.807) is 30.3 Å². The number of phenols is 2. The number of thioether (sulfide) groups is 1. The number of rotatable bonds is 8. The molecule has 5 nitrogen and oxygen atoms in total. The minimum atomic E-state index is -0.608. The van der Waals surface area contributed by atoms with E-state index in [0.717, 1.165) is 24.4 Å². The number of nitrogens with zero attached hydrogens (tertiary/aromatic N) is 1. The van der Waals surface area contributed by atoms with Crippen molar-refractivity contribution in [2.45, 2.75) is 31.3 Å². The Hall–Kier alpha value is -2.90. The molecule has 0 saturated carbocycles. The second-order valence-electron chi connectivity index (χ2n) is 8.88. The summed E-state index contributed by atoms with van der Waals surface area (Å²) in [6.07, 6.45) is 1.04. The fourth-order valence-corrected chi connectivity index (χ4v) is 4.45. The molecule has 7 heteroatoms. The lowest BCUT2D eigenvalue weighted by Gasteiger charge is -2.26. The highest BCUT2D eigenvalue weighted by Crippen LogP contribution is 2.44. The topological polar surface area (TPSA) is 62.2 Å². The Labute approximate surface area is 211 Å². The lowest BCUT2D eigenvalue weighted by atomic mass is 10.1. The van der Waals surface area contributed by atoms with E-state index in [2.05, 4.69) is 25.8 Å². The van der Waals surface area contributed by atoms with Gasteiger partial charge in [-0.15, -0.1) is 11.8 Å². The molecule has 3 aromatic carbocycles. The monoisotopic (exact) mass is 499 g/mol. The van der Waals surface area contributed by atoms with Crippen LogP contribution >= 0.6 is 11.8 Å². The zero-order valence-electron chi connectivity index (χ0n) is 20.5. The summed E-state index contributed by atoms with van der Waals surface area (Å²) >= 11 is 1.36. The molecule has 0 radical (unpaired) electrons. The van der Waals surface area contributed by atoms with Crippen molar-refractivity contribution in [3.8, 4) is 23.0 Å². The van der Waals surface area contributed by atoms with E-state index < -0.39 is 5.82 Å². The largest absolute Gasteiger partial charge is 0.508 e. The number of hydrogen-bond acceptors (Lipinski definition) is 6. The third kappa shape index (κ3) is 8.37. The van der Waals surface area contributed by atoms with Crippen molar-refractivity contribution in [3.05, 3.63) is 78.1 Å². The molecule has 0 spiro atoms. The van der Waals surface area contributed by atoms with Gasteiger partial charge in [-0.3, -0.25) is 0 Å². The molecule has 0 unspecified atom stereocenters. The number of aromatic hydroxyl groups is 2. The molecule has 0 aromatic heterocycles. The minimum absolute atomic E-state index is 0.155. The molecule has 1 aliphatic heterocycles. The van der Waals surface area contributed by atoms with Crippen LogP contribution in [0.3, 0.4) is 0 Å². The highest BCUT2D eigenvalue weighted by Gasteiger charge is 2.25. The van der Waals surface area contributed by atoms with E-state index in [4.69, 9.17) is 14.6 Å². The van der Waals surface area contributed by atoms with Crippen LogP contribution in [0.1, 0.15) is 31.9 Å². The predicted octanol–water partition coefficient (Wildman–Crippen LogP) is 6.51. The van der Waals surface area contributed by atoms with Crippen LogP contribution in [0.4, 0.5) is 4.39 Å². The van der Waals surface area contributed by atoms with Gasteiger partial charge < -0.3 is 24.6 Å². The summed E-state index contributed by atoms with van der Waals surface area (Å²) in [5.74, 6) is 1.98. The third-order valence-corrected chi connectivity index (χ3v) is 6.67. The summed E-state index contributed by atoms with van der Waals surface area (Å²) in [6.45, 7) is 7.10. The van der Waals surface area contributed by atoms with Crippen LogP contribution in [-0.2, 0) is 0 Å². The Balaban J connectivity index is 0.000000420. The van der Waals surface area contributed by atoms with Crippen LogP contribution in [0.2, 0.25) is 0 Å². The van der Waals surface area contributed by atoms with Crippen molar-refractivity contribution in [2.24, 2.45) is 5.92 Å². The Bertz CT molecular complexity index is 1050. The molecule has 1 heterocycles. The molecule has 0 aliphatic carbocycles. The molecule has 0 saturated heterocycles. The normalized spacial score (nSPS) is 14.6. The van der Waals surface area contributed by atoms with Gasteiger partial charge in [0.15, 0.2) is 11.6 Å². The molecule has 0 fully saturated rings. The van der Waals surface area contributed by atoms with Crippen molar-refractivity contribution in [1.29, 1.82) is 0 Å². The Morgan fingerprint density at radius 1 is 1.03 bits per heavy atom. The van der Waals surface area contributed by atoms with E-state index in [9.17, 15) is 9.50 Å². The smallest absolute Gasteiger partial charge is 0.182 e. The maximum Gasteiger partial charge on any atom is 0.182 e. The lowest BCUT2D eigenvalue weighted by molar-refractivity contribution is 0.216. The van der Waals surface area contributed by atoms with Gasteiger partial charge in [0.2, 0.25) is 0 Å². The molecular weight excluding hydrogens is 465 g/mol. The van der Waals surface area contributed by atoms with E-state index in [0.29, 0.717) is 34.7 Å². The molecule has 1 aliphatic rings. The van der Waals surface area contributed by atoms with Crippen molar-refractivity contribution >= 4 is 11.8 Å². The number of fused-ring (bicyclic) bond motifs is 1. The highest BCUT2D eigenvalue weighted by molar-refractivity contribution is 7.99. The summed E-state index contributed by atoms with van der Waals surface area (Å²) in [4.78, 5) is 2.66. The number of halogens is 1. The fraction of sp³-hybridized carbons (Fsp3) is 0.357. The first-order chi connectivity index (χ1) is 16.8. The van der Waals surface area contributed by atoms with E-state index in [1.807, 2.05) is 30.3 Å². The summed E-state index contributed by atoms with van der Waals surface area (Å²) in [5.41, 5.74) is 1.02. The average Bonchev–Trinajstić information content (AvgIpc) is 2.86. The number of likely N-dealkylation sites (N-methyl/N-ethyl adjacent to an activating group) is 1. The maximum atomic E-state index is 14.0. The summed E-state index contributed by atoms with van der Waals surface area (Å²) in [5, 5.41) is 18.1. The zero-order chi connectivity index (χ0) is 25.2. The number of benzene rings is 3. The number of hydrogen-bond donors (Lipinski definition) is 2. The van der Waals surface area contributed by atoms with Crippen LogP contribution in [0.5, 0.6) is 23.0 Å². The Kier molecular flexibility index (Phi) is 10.1. The van der Waals surface area contributed by atoms with Crippen molar-refractivity contribution in [3.63, 3.8) is 0 Å². The van der Waals surface area contributed by atoms with E-state index in [-0.39, 0.29) is 11.9 Å². The lowest BCUT2D eigenvalue weighted by Crippen LogP contribution is -2.26. The molecule has 3 aromatic rings. The number of ether oxygens (including phenoxy) is 2. The molecular formula is C28H34FNO4S. The molecule has 1 atom stereocenters. The van der Waals surface area contributed by atoms with Gasteiger partial charge in [-0.1, -0.05) is 44.2 Å². The quantitative estimate of drug-likeness (QED) is 0.369. The standard InChI is InChI=1S/C22H28FNO3S.C6H6O/c1-15(2)10-11-24(3)12-13-26-17-6-4-16(5-7-17)20-14-28-22-19(27-20)9-8-18(25)21(22)23;7-6-4-2-1-3-5-6/h4-9,15,20,25H,10-14H2,1-3H3;1-5,7H/t20-;/m1./s1. The number of phenolic OH excluding ortho intramolecular Hbond substituents is 2. The van der Waals surface area contributed by atoms with Crippen LogP contribution in [-0.4, -0.2) is 47.6 Å². The maximum absolute atomic E-state index is 14.0.